The van der Waals surface area contributed by atoms with Crippen molar-refractivity contribution in [1.29, 1.82) is 0 Å². The van der Waals surface area contributed by atoms with Crippen molar-refractivity contribution in [1.82, 2.24) is 5.32 Å². The number of carboxylic acid groups (broad SMARTS) is 1. The first-order valence-electron chi connectivity index (χ1n) is 5.35. The highest BCUT2D eigenvalue weighted by Gasteiger charge is 2.00. The zero-order chi connectivity index (χ0) is 12.5. The first-order chi connectivity index (χ1) is 8.22. The van der Waals surface area contributed by atoms with Gasteiger partial charge in [0.1, 0.15) is 5.75 Å². The van der Waals surface area contributed by atoms with Crippen LogP contribution in [-0.2, 0) is 16.1 Å². The van der Waals surface area contributed by atoms with Crippen molar-refractivity contribution < 1.29 is 19.4 Å². The van der Waals surface area contributed by atoms with Crippen LogP contribution in [0.3, 0.4) is 0 Å². The van der Waals surface area contributed by atoms with Gasteiger partial charge < -0.3 is 19.9 Å². The summed E-state index contributed by atoms with van der Waals surface area (Å²) >= 11 is 0. The van der Waals surface area contributed by atoms with Gasteiger partial charge in [-0.25, -0.2) is 4.79 Å². The molecule has 0 amide bonds. The molecule has 0 unspecified atom stereocenters. The van der Waals surface area contributed by atoms with Gasteiger partial charge in [-0.05, 0) is 17.7 Å². The third-order valence-corrected chi connectivity index (χ3v) is 2.07. The lowest BCUT2D eigenvalue weighted by atomic mass is 10.2. The molecular formula is C12H17NO4. The highest BCUT2D eigenvalue weighted by Crippen LogP contribution is 2.12. The highest BCUT2D eigenvalue weighted by atomic mass is 16.5. The van der Waals surface area contributed by atoms with Crippen molar-refractivity contribution in [3.8, 4) is 5.75 Å². The summed E-state index contributed by atoms with van der Waals surface area (Å²) in [5.41, 5.74) is 1.05. The minimum absolute atomic E-state index is 0.319. The van der Waals surface area contributed by atoms with Crippen LogP contribution in [0.4, 0.5) is 0 Å². The van der Waals surface area contributed by atoms with E-state index in [4.69, 9.17) is 14.6 Å². The molecule has 0 atom stereocenters. The second kappa shape index (κ2) is 7.65. The van der Waals surface area contributed by atoms with Crippen LogP contribution in [0.15, 0.2) is 24.3 Å². The van der Waals surface area contributed by atoms with Crippen LogP contribution in [0, 0.1) is 0 Å². The van der Waals surface area contributed by atoms with Crippen LogP contribution in [0.5, 0.6) is 5.75 Å². The molecule has 0 aliphatic rings. The van der Waals surface area contributed by atoms with Gasteiger partial charge in [0, 0.05) is 20.2 Å². The summed E-state index contributed by atoms with van der Waals surface area (Å²) < 4.78 is 10.00. The monoisotopic (exact) mass is 239 g/mol. The fourth-order valence-corrected chi connectivity index (χ4v) is 1.30. The second-order valence-corrected chi connectivity index (χ2v) is 3.50. The molecule has 0 saturated carbocycles. The molecule has 2 N–H and O–H groups in total. The molecule has 94 valence electrons. The zero-order valence-electron chi connectivity index (χ0n) is 9.81. The van der Waals surface area contributed by atoms with E-state index in [2.05, 4.69) is 5.32 Å². The van der Waals surface area contributed by atoms with E-state index in [0.29, 0.717) is 18.9 Å². The lowest BCUT2D eigenvalue weighted by molar-refractivity contribution is -0.139. The molecule has 1 rings (SSSR count). The number of carbonyl (C=O) groups is 1. The van der Waals surface area contributed by atoms with E-state index in [0.717, 1.165) is 12.1 Å². The van der Waals surface area contributed by atoms with Gasteiger partial charge >= 0.3 is 5.97 Å². The Bertz CT molecular complexity index is 354. The molecule has 0 bridgehead atoms. The van der Waals surface area contributed by atoms with Gasteiger partial charge in [0.25, 0.3) is 0 Å². The van der Waals surface area contributed by atoms with E-state index in [9.17, 15) is 4.79 Å². The maximum absolute atomic E-state index is 10.4. The average Bonchev–Trinajstić information content (AvgIpc) is 2.33. The molecule has 1 aromatic carbocycles. The van der Waals surface area contributed by atoms with E-state index in [-0.39, 0.29) is 6.61 Å². The molecule has 1 aromatic rings. The number of hydrogen-bond donors (Lipinski definition) is 2. The van der Waals surface area contributed by atoms with Crippen LogP contribution in [0.25, 0.3) is 0 Å². The molecule has 0 spiro atoms. The number of nitrogens with one attached hydrogen (secondary N) is 1. The molecule has 0 fully saturated rings. The topological polar surface area (TPSA) is 67.8 Å². The van der Waals surface area contributed by atoms with Crippen molar-refractivity contribution in [2.24, 2.45) is 0 Å². The SMILES string of the molecule is COCCNCc1cccc(OCC(=O)O)c1. The van der Waals surface area contributed by atoms with Crippen molar-refractivity contribution >= 4 is 5.97 Å². The average molecular weight is 239 g/mol. The molecule has 0 aliphatic carbocycles. The lowest BCUT2D eigenvalue weighted by Crippen LogP contribution is -2.18. The maximum Gasteiger partial charge on any atom is 0.341 e. The van der Waals surface area contributed by atoms with Gasteiger partial charge in [0.05, 0.1) is 6.61 Å². The number of benzene rings is 1. The summed E-state index contributed by atoms with van der Waals surface area (Å²) in [6, 6.07) is 7.35. The Balaban J connectivity index is 2.39. The van der Waals surface area contributed by atoms with Gasteiger partial charge in [-0.2, -0.15) is 0 Å². The van der Waals surface area contributed by atoms with E-state index >= 15 is 0 Å². The van der Waals surface area contributed by atoms with Crippen molar-refractivity contribution in [3.63, 3.8) is 0 Å². The Morgan fingerprint density at radius 2 is 2.29 bits per heavy atom. The van der Waals surface area contributed by atoms with Gasteiger partial charge in [-0.3, -0.25) is 0 Å². The number of carboxylic acids is 1. The Labute approximate surface area is 100 Å². The zero-order valence-corrected chi connectivity index (χ0v) is 9.81. The maximum atomic E-state index is 10.4. The summed E-state index contributed by atoms with van der Waals surface area (Å²) in [5, 5.41) is 11.7. The molecule has 0 aromatic heterocycles. The Kier molecular flexibility index (Phi) is 6.06. The quantitative estimate of drug-likeness (QED) is 0.659. The molecule has 0 heterocycles. The minimum atomic E-state index is -0.978. The smallest absolute Gasteiger partial charge is 0.341 e. The third kappa shape index (κ3) is 5.89. The summed E-state index contributed by atoms with van der Waals surface area (Å²) in [6.45, 7) is 1.82. The molecule has 0 saturated heterocycles. The Morgan fingerprint density at radius 3 is 3.00 bits per heavy atom. The van der Waals surface area contributed by atoms with E-state index in [1.165, 1.54) is 0 Å². The highest BCUT2D eigenvalue weighted by molar-refractivity contribution is 5.68. The van der Waals surface area contributed by atoms with E-state index in [1.54, 1.807) is 13.2 Å². The second-order valence-electron chi connectivity index (χ2n) is 3.50. The molecule has 17 heavy (non-hydrogen) atoms. The van der Waals surface area contributed by atoms with Gasteiger partial charge in [-0.15, -0.1) is 0 Å². The van der Waals surface area contributed by atoms with Crippen LogP contribution in [0.1, 0.15) is 5.56 Å². The summed E-state index contributed by atoms with van der Waals surface area (Å²) in [6.07, 6.45) is 0. The molecule has 0 aliphatic heterocycles. The number of methoxy groups -OCH3 is 1. The Morgan fingerprint density at radius 1 is 1.47 bits per heavy atom. The fourth-order valence-electron chi connectivity index (χ4n) is 1.30. The van der Waals surface area contributed by atoms with Crippen LogP contribution >= 0.6 is 0 Å². The number of aliphatic carboxylic acids is 1. The van der Waals surface area contributed by atoms with Gasteiger partial charge in [0.2, 0.25) is 0 Å². The molecule has 0 radical (unpaired) electrons. The largest absolute Gasteiger partial charge is 0.482 e. The summed E-state index contributed by atoms with van der Waals surface area (Å²) in [4.78, 5) is 10.4. The first kappa shape index (κ1) is 13.5. The molecule has 5 heteroatoms. The van der Waals surface area contributed by atoms with Crippen molar-refractivity contribution in [3.05, 3.63) is 29.8 Å². The summed E-state index contributed by atoms with van der Waals surface area (Å²) in [5.74, 6) is -0.410. The van der Waals surface area contributed by atoms with Gasteiger partial charge in [0.15, 0.2) is 6.61 Å². The van der Waals surface area contributed by atoms with Crippen molar-refractivity contribution in [2.75, 3.05) is 26.9 Å². The third-order valence-electron chi connectivity index (χ3n) is 2.07. The first-order valence-corrected chi connectivity index (χ1v) is 5.35. The normalized spacial score (nSPS) is 10.2. The van der Waals surface area contributed by atoms with Crippen molar-refractivity contribution in [2.45, 2.75) is 6.54 Å². The summed E-state index contributed by atoms with van der Waals surface area (Å²) in [7, 11) is 1.65. The number of rotatable bonds is 8. The van der Waals surface area contributed by atoms with Crippen LogP contribution in [0.2, 0.25) is 0 Å². The van der Waals surface area contributed by atoms with Crippen LogP contribution < -0.4 is 10.1 Å². The Hall–Kier alpha value is -1.59. The predicted molar refractivity (Wildman–Crippen MR) is 63.2 cm³/mol. The van der Waals surface area contributed by atoms with Crippen LogP contribution in [-0.4, -0.2) is 37.9 Å². The van der Waals surface area contributed by atoms with E-state index < -0.39 is 5.97 Å². The number of ether oxygens (including phenoxy) is 2. The van der Waals surface area contributed by atoms with E-state index in [1.807, 2.05) is 18.2 Å². The minimum Gasteiger partial charge on any atom is -0.482 e. The fraction of sp³-hybridized carbons (Fsp3) is 0.417. The lowest BCUT2D eigenvalue weighted by Gasteiger charge is -2.07. The predicted octanol–water partition coefficient (Wildman–Crippen LogP) is 0.886. The van der Waals surface area contributed by atoms with Gasteiger partial charge in [-0.1, -0.05) is 12.1 Å². The molecular weight excluding hydrogens is 222 g/mol. The standard InChI is InChI=1S/C12H17NO4/c1-16-6-5-13-8-10-3-2-4-11(7-10)17-9-12(14)15/h2-4,7,13H,5-6,8-9H2,1H3,(H,14,15). The molecule has 5 nitrogen and oxygen atoms in total. The number of hydrogen-bond acceptors (Lipinski definition) is 4.